The highest BCUT2D eigenvalue weighted by molar-refractivity contribution is 6.08. The van der Waals surface area contributed by atoms with Gasteiger partial charge in [0.25, 0.3) is 11.2 Å². The van der Waals surface area contributed by atoms with Gasteiger partial charge in [0.1, 0.15) is 0 Å². The van der Waals surface area contributed by atoms with Gasteiger partial charge in [-0.15, -0.1) is 0 Å². The van der Waals surface area contributed by atoms with Crippen molar-refractivity contribution in [1.82, 2.24) is 0 Å². The van der Waals surface area contributed by atoms with Crippen LogP contribution in [0.15, 0.2) is 115 Å². The summed E-state index contributed by atoms with van der Waals surface area (Å²) in [5.74, 6) is -4.96. The number of fused-ring (bicyclic) bond motifs is 2. The van der Waals surface area contributed by atoms with Crippen LogP contribution in [0.2, 0.25) is 0 Å². The van der Waals surface area contributed by atoms with Crippen molar-refractivity contribution < 1.29 is 38.5 Å². The summed E-state index contributed by atoms with van der Waals surface area (Å²) < 4.78 is 8.82. The lowest BCUT2D eigenvalue weighted by molar-refractivity contribution is -0.578. The van der Waals surface area contributed by atoms with Crippen molar-refractivity contribution in [3.8, 4) is 0 Å². The first-order valence-electron chi connectivity index (χ1n) is 14.7. The SMILES string of the molecule is O=C1C=CC(=O)O1.O=C1OC(=O)C2C1C1c3ccccc3C2([N+](=O)[O-])c2ccccc21.O=[N+]([O-])c1c2ccccc2cc2ccccc12. The fourth-order valence-electron chi connectivity index (χ4n) is 7.34. The molecule has 2 aliphatic heterocycles. The zero-order chi connectivity index (χ0) is 33.7. The van der Waals surface area contributed by atoms with Gasteiger partial charge in [0.05, 0.1) is 21.6 Å². The number of esters is 4. The average Bonchev–Trinajstić information content (AvgIpc) is 3.63. The largest absolute Gasteiger partial charge is 0.392 e. The molecule has 0 saturated carbocycles. The second-order valence-corrected chi connectivity index (χ2v) is 11.4. The fourth-order valence-corrected chi connectivity index (χ4v) is 7.34. The molecule has 2 atom stereocenters. The quantitative estimate of drug-likeness (QED) is 0.0786. The van der Waals surface area contributed by atoms with Gasteiger partial charge in [-0.1, -0.05) is 84.9 Å². The van der Waals surface area contributed by atoms with Crippen LogP contribution in [0.1, 0.15) is 28.2 Å². The van der Waals surface area contributed by atoms with Gasteiger partial charge < -0.3 is 9.47 Å². The van der Waals surface area contributed by atoms with Gasteiger partial charge in [0.2, 0.25) is 0 Å². The van der Waals surface area contributed by atoms with E-state index in [4.69, 9.17) is 4.74 Å². The highest BCUT2D eigenvalue weighted by Crippen LogP contribution is 2.63. The van der Waals surface area contributed by atoms with E-state index in [-0.39, 0.29) is 16.5 Å². The predicted octanol–water partition coefficient (Wildman–Crippen LogP) is 5.51. The molecule has 12 heteroatoms. The molecule has 48 heavy (non-hydrogen) atoms. The third-order valence-corrected chi connectivity index (χ3v) is 9.08. The molecule has 2 heterocycles. The Morgan fingerprint density at radius 3 is 1.54 bits per heavy atom. The average molecular weight is 643 g/mol. The maximum Gasteiger partial charge on any atom is 0.338 e. The fraction of sp³-hybridized carbons (Fsp3) is 0.111. The van der Waals surface area contributed by atoms with Crippen LogP contribution >= 0.6 is 0 Å². The number of hydrogen-bond donors (Lipinski definition) is 0. The molecule has 0 spiro atoms. The molecule has 1 saturated heterocycles. The number of nitro groups is 2. The molecule has 0 radical (unpaired) electrons. The van der Waals surface area contributed by atoms with Gasteiger partial charge in [0.15, 0.2) is 5.92 Å². The Balaban J connectivity index is 0.000000132. The Morgan fingerprint density at radius 2 is 1.08 bits per heavy atom. The monoisotopic (exact) mass is 642 g/mol. The van der Waals surface area contributed by atoms with Crippen molar-refractivity contribution in [3.05, 3.63) is 158 Å². The first-order chi connectivity index (χ1) is 23.1. The number of ether oxygens (including phenoxy) is 2. The minimum Gasteiger partial charge on any atom is -0.392 e. The first kappa shape index (κ1) is 30.1. The normalized spacial score (nSPS) is 22.4. The molecule has 2 unspecified atom stereocenters. The van der Waals surface area contributed by atoms with Crippen LogP contribution in [-0.4, -0.2) is 33.7 Å². The van der Waals surface area contributed by atoms with Crippen LogP contribution < -0.4 is 0 Å². The van der Waals surface area contributed by atoms with E-state index in [1.165, 1.54) is 0 Å². The molecular weight excluding hydrogens is 620 g/mol. The Hall–Kier alpha value is -6.56. The molecule has 12 nitrogen and oxygen atoms in total. The molecule has 0 amide bonds. The molecule has 1 fully saturated rings. The number of rotatable bonds is 2. The second kappa shape index (κ2) is 11.4. The second-order valence-electron chi connectivity index (χ2n) is 11.4. The molecule has 236 valence electrons. The summed E-state index contributed by atoms with van der Waals surface area (Å²) >= 11 is 0. The van der Waals surface area contributed by atoms with Gasteiger partial charge in [-0.25, -0.2) is 9.59 Å². The Labute approximate surface area is 270 Å². The lowest BCUT2D eigenvalue weighted by Gasteiger charge is -2.47. The Kier molecular flexibility index (Phi) is 7.12. The van der Waals surface area contributed by atoms with E-state index in [0.29, 0.717) is 21.9 Å². The van der Waals surface area contributed by atoms with Crippen molar-refractivity contribution in [2.45, 2.75) is 11.5 Å². The topological polar surface area (TPSA) is 173 Å². The van der Waals surface area contributed by atoms with Crippen molar-refractivity contribution in [2.24, 2.45) is 11.8 Å². The van der Waals surface area contributed by atoms with E-state index in [9.17, 15) is 39.4 Å². The maximum absolute atomic E-state index is 12.4. The van der Waals surface area contributed by atoms with Gasteiger partial charge in [-0.2, -0.15) is 0 Å². The van der Waals surface area contributed by atoms with Crippen LogP contribution in [-0.2, 0) is 34.2 Å². The molecule has 5 aliphatic rings. The lowest BCUT2D eigenvalue weighted by atomic mass is 9.51. The van der Waals surface area contributed by atoms with Gasteiger partial charge in [-0.05, 0) is 40.1 Å². The first-order valence-corrected chi connectivity index (χ1v) is 14.7. The summed E-state index contributed by atoms with van der Waals surface area (Å²) in [5.41, 5.74) is 0.883. The van der Waals surface area contributed by atoms with E-state index in [1.807, 2.05) is 42.5 Å². The van der Waals surface area contributed by atoms with Crippen molar-refractivity contribution in [3.63, 3.8) is 0 Å². The third-order valence-electron chi connectivity index (χ3n) is 9.08. The van der Waals surface area contributed by atoms with Crippen molar-refractivity contribution >= 4 is 51.1 Å². The molecule has 3 aliphatic carbocycles. The number of nitrogens with zero attached hydrogens (tertiary/aromatic N) is 2. The van der Waals surface area contributed by atoms with E-state index in [2.05, 4.69) is 4.74 Å². The zero-order valence-corrected chi connectivity index (χ0v) is 24.7. The number of benzene rings is 5. The molecule has 0 N–H and O–H groups in total. The van der Waals surface area contributed by atoms with Gasteiger partial charge in [-0.3, -0.25) is 29.8 Å². The molecule has 0 aromatic heterocycles. The summed E-state index contributed by atoms with van der Waals surface area (Å²) in [6.07, 6.45) is 2.17. The minimum absolute atomic E-state index is 0.193. The Morgan fingerprint density at radius 1 is 0.604 bits per heavy atom. The highest BCUT2D eigenvalue weighted by atomic mass is 16.6. The number of carbonyl (C=O) groups excluding carboxylic acids is 4. The zero-order valence-electron chi connectivity index (χ0n) is 24.7. The van der Waals surface area contributed by atoms with E-state index < -0.39 is 46.2 Å². The van der Waals surface area contributed by atoms with Crippen LogP contribution in [0, 0.1) is 32.1 Å². The third kappa shape index (κ3) is 4.45. The summed E-state index contributed by atoms with van der Waals surface area (Å²) in [4.78, 5) is 67.4. The van der Waals surface area contributed by atoms with Crippen molar-refractivity contribution in [2.75, 3.05) is 0 Å². The summed E-state index contributed by atoms with van der Waals surface area (Å²) in [5, 5.41) is 26.8. The molecule has 5 aromatic carbocycles. The maximum atomic E-state index is 12.4. The number of carbonyl (C=O) groups is 4. The van der Waals surface area contributed by atoms with Crippen molar-refractivity contribution in [1.29, 1.82) is 0 Å². The number of hydrogen-bond acceptors (Lipinski definition) is 10. The van der Waals surface area contributed by atoms with Crippen LogP contribution in [0.4, 0.5) is 5.69 Å². The predicted molar refractivity (Wildman–Crippen MR) is 169 cm³/mol. The smallest absolute Gasteiger partial charge is 0.338 e. The van der Waals surface area contributed by atoms with E-state index >= 15 is 0 Å². The minimum atomic E-state index is -1.77. The molecule has 10 rings (SSSR count). The molecule has 2 bridgehead atoms. The Bertz CT molecular complexity index is 2160. The number of cyclic esters (lactones) is 4. The highest BCUT2D eigenvalue weighted by Gasteiger charge is 2.74. The summed E-state index contributed by atoms with van der Waals surface area (Å²) in [6, 6.07) is 30.8. The summed E-state index contributed by atoms with van der Waals surface area (Å²) in [6.45, 7) is 0. The molecule has 5 aromatic rings. The van der Waals surface area contributed by atoms with Crippen LogP contribution in [0.3, 0.4) is 0 Å². The van der Waals surface area contributed by atoms with E-state index in [0.717, 1.165) is 34.1 Å². The van der Waals surface area contributed by atoms with Gasteiger partial charge in [0, 0.05) is 34.1 Å². The summed E-state index contributed by atoms with van der Waals surface area (Å²) in [7, 11) is 0. The number of non-ortho nitro benzene ring substituents is 1. The standard InChI is InChI=1S/C18H11NO5.C14H9NO2.C4H2O3/c20-16-14-13-9-5-1-3-7-11(9)18(19(22)23,15(14)17(21)24-16)12-8-4-2-6-10(12)13;16-15(17)14-12-7-3-1-5-10(12)9-11-6-2-4-8-13(11)14;5-3-1-2-4(6)7-3/h1-8,13-15H;1-9H;1-2H. The number of nitro benzene ring substituents is 1. The lowest BCUT2D eigenvalue weighted by Crippen LogP contribution is -2.57. The van der Waals surface area contributed by atoms with E-state index in [1.54, 1.807) is 60.7 Å². The van der Waals surface area contributed by atoms with Gasteiger partial charge >= 0.3 is 23.9 Å². The molecular formula is C36H22N2O10. The van der Waals surface area contributed by atoms with Crippen LogP contribution in [0.25, 0.3) is 21.5 Å². The van der Waals surface area contributed by atoms with Crippen LogP contribution in [0.5, 0.6) is 0 Å².